The molecule has 1 N–H and O–H groups in total. The fraction of sp³-hybridized carbons (Fsp3) is 0.303. The molecular formula is C33H31NO8. The Bertz CT molecular complexity index is 1590. The van der Waals surface area contributed by atoms with E-state index >= 15 is 0 Å². The van der Waals surface area contributed by atoms with Crippen molar-refractivity contribution >= 4 is 12.0 Å². The van der Waals surface area contributed by atoms with E-state index in [0.29, 0.717) is 52.8 Å². The van der Waals surface area contributed by atoms with Crippen molar-refractivity contribution in [3.8, 4) is 40.6 Å². The van der Waals surface area contributed by atoms with Gasteiger partial charge < -0.3 is 33.5 Å². The Morgan fingerprint density at radius 3 is 2.62 bits per heavy atom. The number of rotatable bonds is 7. The Labute approximate surface area is 244 Å². The van der Waals surface area contributed by atoms with E-state index in [9.17, 15) is 9.90 Å². The van der Waals surface area contributed by atoms with Crippen molar-refractivity contribution in [3.05, 3.63) is 82.4 Å². The Morgan fingerprint density at radius 1 is 1.07 bits per heavy atom. The summed E-state index contributed by atoms with van der Waals surface area (Å²) < 4.78 is 34.8. The molecule has 42 heavy (non-hydrogen) atoms. The van der Waals surface area contributed by atoms with E-state index in [1.54, 1.807) is 13.2 Å². The molecule has 0 radical (unpaired) electrons. The lowest BCUT2D eigenvalue weighted by atomic mass is 9.84. The standard InChI is InChI=1S/C33H31NO8/c1-37-24-14-13-23-27(30(24)38-2)33(36)42-29(23)28-26-21(18-25-31(32(26)39-3)41-19-40-25)15-16-34(28)22(10-7-17-35)12-11-20-8-5-4-6-9-20/h4-6,8-9,11-14,18,22,28-29,35H,15-17,19H2,1-3H3/b12-11+/t22?,28-,29+/m0/s1. The minimum Gasteiger partial charge on any atom is -0.493 e. The zero-order chi connectivity index (χ0) is 29.2. The SMILES string of the molecule is COc1ccc2c(c1OC)C(=O)O[C@H]2[C@@H]1c2c(cc3c(c2OC)OCO3)CCN1C(C#CCO)/C=C/c1ccccc1. The molecular weight excluding hydrogens is 538 g/mol. The van der Waals surface area contributed by atoms with Crippen LogP contribution in [0, 0.1) is 11.8 Å². The third kappa shape index (κ3) is 4.69. The molecule has 1 unspecified atom stereocenters. The van der Waals surface area contributed by atoms with Gasteiger partial charge in [0, 0.05) is 17.7 Å². The molecule has 3 atom stereocenters. The van der Waals surface area contributed by atoms with Gasteiger partial charge in [-0.25, -0.2) is 4.79 Å². The first-order chi connectivity index (χ1) is 20.6. The first-order valence-electron chi connectivity index (χ1n) is 13.6. The van der Waals surface area contributed by atoms with Crippen LogP contribution in [-0.2, 0) is 11.2 Å². The Balaban J connectivity index is 1.54. The number of methoxy groups -OCH3 is 3. The summed E-state index contributed by atoms with van der Waals surface area (Å²) in [6.07, 6.45) is 3.93. The number of aliphatic hydroxyl groups excluding tert-OH is 1. The topological polar surface area (TPSA) is 95.9 Å². The van der Waals surface area contributed by atoms with Crippen LogP contribution in [0.1, 0.15) is 44.8 Å². The van der Waals surface area contributed by atoms with Crippen molar-refractivity contribution in [1.29, 1.82) is 0 Å². The molecule has 0 amide bonds. The van der Waals surface area contributed by atoms with Gasteiger partial charge in [-0.2, -0.15) is 0 Å². The number of carbonyl (C=O) groups excluding carboxylic acids is 1. The monoisotopic (exact) mass is 569 g/mol. The lowest BCUT2D eigenvalue weighted by Gasteiger charge is -2.42. The maximum absolute atomic E-state index is 13.5. The number of nitrogens with zero attached hydrogens (tertiary/aromatic N) is 1. The molecule has 0 fully saturated rings. The smallest absolute Gasteiger partial charge is 0.343 e. The summed E-state index contributed by atoms with van der Waals surface area (Å²) in [6, 6.07) is 14.5. The van der Waals surface area contributed by atoms with E-state index in [1.807, 2.05) is 54.6 Å². The van der Waals surface area contributed by atoms with E-state index in [-0.39, 0.29) is 13.4 Å². The predicted molar refractivity (Wildman–Crippen MR) is 154 cm³/mol. The van der Waals surface area contributed by atoms with E-state index in [0.717, 1.165) is 16.7 Å². The highest BCUT2D eigenvalue weighted by molar-refractivity contribution is 5.98. The Hall–Kier alpha value is -4.65. The van der Waals surface area contributed by atoms with Crippen LogP contribution in [0.2, 0.25) is 0 Å². The molecule has 3 aromatic carbocycles. The number of hydrogen-bond donors (Lipinski definition) is 1. The van der Waals surface area contributed by atoms with E-state index in [1.165, 1.54) is 14.2 Å². The number of cyclic esters (lactones) is 1. The van der Waals surface area contributed by atoms with Gasteiger partial charge in [-0.05, 0) is 29.7 Å². The van der Waals surface area contributed by atoms with Crippen LogP contribution in [0.5, 0.6) is 28.7 Å². The Morgan fingerprint density at radius 2 is 1.88 bits per heavy atom. The summed E-state index contributed by atoms with van der Waals surface area (Å²) in [5.41, 5.74) is 3.84. The first kappa shape index (κ1) is 27.5. The maximum atomic E-state index is 13.5. The molecule has 9 nitrogen and oxygen atoms in total. The highest BCUT2D eigenvalue weighted by Crippen LogP contribution is 2.56. The quantitative estimate of drug-likeness (QED) is 0.330. The zero-order valence-corrected chi connectivity index (χ0v) is 23.6. The minimum absolute atomic E-state index is 0.0889. The lowest BCUT2D eigenvalue weighted by Crippen LogP contribution is -2.44. The van der Waals surface area contributed by atoms with Gasteiger partial charge in [0.15, 0.2) is 23.0 Å². The van der Waals surface area contributed by atoms with Crippen molar-refractivity contribution < 1.29 is 38.3 Å². The van der Waals surface area contributed by atoms with Gasteiger partial charge in [0.05, 0.1) is 33.4 Å². The van der Waals surface area contributed by atoms with Crippen LogP contribution in [0.15, 0.2) is 54.6 Å². The molecule has 3 aromatic rings. The maximum Gasteiger partial charge on any atom is 0.343 e. The summed E-state index contributed by atoms with van der Waals surface area (Å²) in [5, 5.41) is 9.63. The molecule has 3 aliphatic heterocycles. The fourth-order valence-corrected chi connectivity index (χ4v) is 6.02. The van der Waals surface area contributed by atoms with Crippen LogP contribution in [0.3, 0.4) is 0 Å². The van der Waals surface area contributed by atoms with Crippen molar-refractivity contribution in [2.75, 3.05) is 41.3 Å². The van der Waals surface area contributed by atoms with E-state index in [2.05, 4.69) is 16.7 Å². The molecule has 0 aliphatic carbocycles. The number of carbonyl (C=O) groups is 1. The van der Waals surface area contributed by atoms with Gasteiger partial charge in [0.25, 0.3) is 0 Å². The average molecular weight is 570 g/mol. The lowest BCUT2D eigenvalue weighted by molar-refractivity contribution is 0.000643. The zero-order valence-electron chi connectivity index (χ0n) is 23.6. The second-order valence-electron chi connectivity index (χ2n) is 9.93. The van der Waals surface area contributed by atoms with Crippen LogP contribution in [0.4, 0.5) is 0 Å². The molecule has 6 rings (SSSR count). The summed E-state index contributed by atoms with van der Waals surface area (Å²) in [4.78, 5) is 15.6. The van der Waals surface area contributed by atoms with Gasteiger partial charge in [0.1, 0.15) is 18.3 Å². The molecule has 0 aromatic heterocycles. The van der Waals surface area contributed by atoms with E-state index < -0.39 is 24.2 Å². The fourth-order valence-electron chi connectivity index (χ4n) is 6.02. The molecule has 3 heterocycles. The number of ether oxygens (including phenoxy) is 6. The molecule has 0 spiro atoms. The van der Waals surface area contributed by atoms with Crippen LogP contribution in [-0.4, -0.2) is 63.3 Å². The largest absolute Gasteiger partial charge is 0.493 e. The molecule has 9 heteroatoms. The molecule has 0 saturated heterocycles. The van der Waals surface area contributed by atoms with Crippen LogP contribution < -0.4 is 23.7 Å². The van der Waals surface area contributed by atoms with Gasteiger partial charge in [-0.1, -0.05) is 60.4 Å². The second-order valence-corrected chi connectivity index (χ2v) is 9.93. The molecule has 216 valence electrons. The third-order valence-corrected chi connectivity index (χ3v) is 7.81. The summed E-state index contributed by atoms with van der Waals surface area (Å²) in [6.45, 7) is 0.387. The van der Waals surface area contributed by atoms with Gasteiger partial charge in [-0.15, -0.1) is 0 Å². The summed E-state index contributed by atoms with van der Waals surface area (Å²) in [7, 11) is 4.62. The molecule has 0 saturated carbocycles. The summed E-state index contributed by atoms with van der Waals surface area (Å²) >= 11 is 0. The first-order valence-corrected chi connectivity index (χ1v) is 13.6. The van der Waals surface area contributed by atoms with Crippen LogP contribution >= 0.6 is 0 Å². The minimum atomic E-state index is -0.732. The number of hydrogen-bond acceptors (Lipinski definition) is 9. The average Bonchev–Trinajstić information content (AvgIpc) is 3.63. The number of benzene rings is 3. The van der Waals surface area contributed by atoms with Gasteiger partial charge in [-0.3, -0.25) is 4.90 Å². The summed E-state index contributed by atoms with van der Waals surface area (Å²) in [5.74, 6) is 7.97. The normalized spacial score (nSPS) is 19.4. The van der Waals surface area contributed by atoms with Crippen molar-refractivity contribution in [1.82, 2.24) is 4.90 Å². The number of aliphatic hydroxyl groups is 1. The van der Waals surface area contributed by atoms with Crippen molar-refractivity contribution in [2.24, 2.45) is 0 Å². The molecule has 3 aliphatic rings. The highest BCUT2D eigenvalue weighted by Gasteiger charge is 2.48. The van der Waals surface area contributed by atoms with Crippen molar-refractivity contribution in [2.45, 2.75) is 24.6 Å². The second kappa shape index (κ2) is 11.7. The number of fused-ring (bicyclic) bond motifs is 3. The predicted octanol–water partition coefficient (Wildman–Crippen LogP) is 4.33. The Kier molecular flexibility index (Phi) is 7.66. The van der Waals surface area contributed by atoms with E-state index in [4.69, 9.17) is 28.4 Å². The van der Waals surface area contributed by atoms with Crippen molar-refractivity contribution in [3.63, 3.8) is 0 Å². The van der Waals surface area contributed by atoms with Gasteiger partial charge >= 0.3 is 5.97 Å². The highest BCUT2D eigenvalue weighted by atomic mass is 16.7. The molecule has 0 bridgehead atoms. The van der Waals surface area contributed by atoms with Crippen LogP contribution in [0.25, 0.3) is 6.08 Å². The third-order valence-electron chi connectivity index (χ3n) is 7.81. The number of esters is 1. The van der Waals surface area contributed by atoms with Gasteiger partial charge in [0.2, 0.25) is 12.5 Å².